The summed E-state index contributed by atoms with van der Waals surface area (Å²) in [6, 6.07) is 5.46. The smallest absolute Gasteiger partial charge is 0.254 e. The van der Waals surface area contributed by atoms with Gasteiger partial charge in [-0.05, 0) is 37.5 Å². The molecule has 7 heteroatoms. The van der Waals surface area contributed by atoms with Gasteiger partial charge in [-0.1, -0.05) is 6.07 Å². The number of amides is 2. The first-order chi connectivity index (χ1) is 12.1. The highest BCUT2D eigenvalue weighted by atomic mass is 32.2. The molecule has 2 atom stereocenters. The Kier molecular flexibility index (Phi) is 5.98. The molecule has 0 aliphatic carbocycles. The Bertz CT molecular complexity index is 646. The van der Waals surface area contributed by atoms with Crippen molar-refractivity contribution in [2.45, 2.75) is 32.0 Å². The summed E-state index contributed by atoms with van der Waals surface area (Å²) in [5, 5.41) is 2.92. The number of nitrogens with one attached hydrogen (secondary N) is 1. The maximum absolute atomic E-state index is 12.8. The number of hydrogen-bond donors (Lipinski definition) is 2. The SMILES string of the molecule is Cc1c(NC(=O)[C@@H]2CC[C@H](CN)O2)cccc1C(=O)N1CCSCC1. The van der Waals surface area contributed by atoms with Crippen molar-refractivity contribution in [3.05, 3.63) is 29.3 Å². The molecule has 0 aromatic heterocycles. The quantitative estimate of drug-likeness (QED) is 0.849. The average Bonchev–Trinajstić information content (AvgIpc) is 3.13. The van der Waals surface area contributed by atoms with Gasteiger partial charge in [-0.25, -0.2) is 0 Å². The Hall–Kier alpha value is -1.57. The summed E-state index contributed by atoms with van der Waals surface area (Å²) >= 11 is 1.87. The highest BCUT2D eigenvalue weighted by molar-refractivity contribution is 7.99. The van der Waals surface area contributed by atoms with Gasteiger partial charge in [0.2, 0.25) is 0 Å². The van der Waals surface area contributed by atoms with Gasteiger partial charge in [-0.15, -0.1) is 0 Å². The summed E-state index contributed by atoms with van der Waals surface area (Å²) in [7, 11) is 0. The zero-order valence-corrected chi connectivity index (χ0v) is 15.3. The Morgan fingerprint density at radius 2 is 2.08 bits per heavy atom. The molecule has 3 rings (SSSR count). The summed E-state index contributed by atoms with van der Waals surface area (Å²) in [5.74, 6) is 1.82. The fourth-order valence-electron chi connectivity index (χ4n) is 3.22. The molecule has 1 aromatic rings. The normalized spacial score (nSPS) is 23.5. The molecular weight excluding hydrogens is 338 g/mol. The number of hydrogen-bond acceptors (Lipinski definition) is 5. The molecule has 1 aromatic carbocycles. The molecule has 136 valence electrons. The van der Waals surface area contributed by atoms with E-state index in [1.165, 1.54) is 0 Å². The van der Waals surface area contributed by atoms with Crippen molar-refractivity contribution < 1.29 is 14.3 Å². The summed E-state index contributed by atoms with van der Waals surface area (Å²) in [4.78, 5) is 27.1. The molecule has 0 unspecified atom stereocenters. The maximum Gasteiger partial charge on any atom is 0.254 e. The standard InChI is InChI=1S/C18H25N3O3S/c1-12-14(18(23)21-7-9-25-10-8-21)3-2-4-15(12)20-17(22)16-6-5-13(11-19)24-16/h2-4,13,16H,5-11,19H2,1H3,(H,20,22)/t13-,16+/m1/s1. The maximum atomic E-state index is 12.8. The van der Waals surface area contributed by atoms with Crippen molar-refractivity contribution in [2.24, 2.45) is 5.73 Å². The minimum absolute atomic E-state index is 0.0363. The zero-order chi connectivity index (χ0) is 17.8. The second-order valence-corrected chi connectivity index (χ2v) is 7.66. The van der Waals surface area contributed by atoms with E-state index in [1.807, 2.05) is 41.8 Å². The van der Waals surface area contributed by atoms with E-state index in [-0.39, 0.29) is 17.9 Å². The van der Waals surface area contributed by atoms with E-state index in [4.69, 9.17) is 10.5 Å². The number of carbonyl (C=O) groups excluding carboxylic acids is 2. The third-order valence-corrected chi connectivity index (χ3v) is 5.73. The molecule has 3 N–H and O–H groups in total. The van der Waals surface area contributed by atoms with Gasteiger partial charge in [0.25, 0.3) is 11.8 Å². The van der Waals surface area contributed by atoms with Crippen LogP contribution in [0.3, 0.4) is 0 Å². The summed E-state index contributed by atoms with van der Waals surface area (Å²) in [6.45, 7) is 3.85. The lowest BCUT2D eigenvalue weighted by molar-refractivity contribution is -0.126. The fraction of sp³-hybridized carbons (Fsp3) is 0.556. The zero-order valence-electron chi connectivity index (χ0n) is 14.5. The number of rotatable bonds is 4. The van der Waals surface area contributed by atoms with E-state index in [0.29, 0.717) is 24.2 Å². The van der Waals surface area contributed by atoms with Crippen LogP contribution < -0.4 is 11.1 Å². The topological polar surface area (TPSA) is 84.7 Å². The van der Waals surface area contributed by atoms with Crippen LogP contribution >= 0.6 is 11.8 Å². The van der Waals surface area contributed by atoms with Gasteiger partial charge in [-0.2, -0.15) is 11.8 Å². The van der Waals surface area contributed by atoms with Crippen LogP contribution in [0.4, 0.5) is 5.69 Å². The van der Waals surface area contributed by atoms with Crippen LogP contribution in [0.2, 0.25) is 0 Å². The largest absolute Gasteiger partial charge is 0.364 e. The first-order valence-corrected chi connectivity index (χ1v) is 9.88. The molecular formula is C18H25N3O3S. The molecule has 0 saturated carbocycles. The number of ether oxygens (including phenoxy) is 1. The molecule has 6 nitrogen and oxygen atoms in total. The van der Waals surface area contributed by atoms with Gasteiger partial charge >= 0.3 is 0 Å². The highest BCUT2D eigenvalue weighted by Crippen LogP contribution is 2.24. The van der Waals surface area contributed by atoms with Crippen LogP contribution in [0.5, 0.6) is 0 Å². The summed E-state index contributed by atoms with van der Waals surface area (Å²) < 4.78 is 5.64. The van der Waals surface area contributed by atoms with Crippen LogP contribution in [0.1, 0.15) is 28.8 Å². The van der Waals surface area contributed by atoms with E-state index < -0.39 is 6.10 Å². The van der Waals surface area contributed by atoms with Gasteiger partial charge in [0, 0.05) is 42.4 Å². The van der Waals surface area contributed by atoms with Gasteiger partial charge in [0.1, 0.15) is 6.10 Å². The second kappa shape index (κ2) is 8.21. The van der Waals surface area contributed by atoms with E-state index >= 15 is 0 Å². The Morgan fingerprint density at radius 1 is 1.32 bits per heavy atom. The van der Waals surface area contributed by atoms with Crippen molar-refractivity contribution in [1.29, 1.82) is 0 Å². The summed E-state index contributed by atoms with van der Waals surface area (Å²) in [6.07, 6.45) is 0.976. The predicted molar refractivity (Wildman–Crippen MR) is 100.0 cm³/mol. The molecule has 25 heavy (non-hydrogen) atoms. The van der Waals surface area contributed by atoms with Gasteiger partial charge in [0.15, 0.2) is 0 Å². The Balaban J connectivity index is 1.70. The minimum atomic E-state index is -0.466. The molecule has 0 spiro atoms. The number of carbonyl (C=O) groups is 2. The average molecular weight is 363 g/mol. The minimum Gasteiger partial charge on any atom is -0.364 e. The Labute approximate surface area is 152 Å². The Morgan fingerprint density at radius 3 is 2.76 bits per heavy atom. The lowest BCUT2D eigenvalue weighted by atomic mass is 10.0. The first kappa shape index (κ1) is 18.2. The molecule has 2 fully saturated rings. The second-order valence-electron chi connectivity index (χ2n) is 6.43. The van der Waals surface area contributed by atoms with Crippen LogP contribution in [0.25, 0.3) is 0 Å². The molecule has 0 radical (unpaired) electrons. The molecule has 0 bridgehead atoms. The van der Waals surface area contributed by atoms with E-state index in [2.05, 4.69) is 5.32 Å². The molecule has 2 aliphatic rings. The number of nitrogens with two attached hydrogens (primary N) is 1. The van der Waals surface area contributed by atoms with E-state index in [1.54, 1.807) is 0 Å². The van der Waals surface area contributed by atoms with Gasteiger partial charge in [-0.3, -0.25) is 9.59 Å². The monoisotopic (exact) mass is 363 g/mol. The van der Waals surface area contributed by atoms with Gasteiger partial charge < -0.3 is 20.7 Å². The third kappa shape index (κ3) is 4.16. The third-order valence-electron chi connectivity index (χ3n) is 4.78. The van der Waals surface area contributed by atoms with Crippen LogP contribution in [0, 0.1) is 6.92 Å². The number of nitrogens with zero attached hydrogens (tertiary/aromatic N) is 1. The predicted octanol–water partition coefficient (Wildman–Crippen LogP) is 1.63. The summed E-state index contributed by atoms with van der Waals surface area (Å²) in [5.41, 5.74) is 7.71. The first-order valence-electron chi connectivity index (χ1n) is 8.73. The molecule has 2 saturated heterocycles. The fourth-order valence-corrected chi connectivity index (χ4v) is 4.13. The van der Waals surface area contributed by atoms with Crippen LogP contribution in [-0.4, -0.2) is 60.1 Å². The molecule has 2 amide bonds. The van der Waals surface area contributed by atoms with Crippen molar-refractivity contribution in [1.82, 2.24) is 4.90 Å². The van der Waals surface area contributed by atoms with Crippen molar-refractivity contribution >= 4 is 29.3 Å². The number of benzene rings is 1. The lowest BCUT2D eigenvalue weighted by Gasteiger charge is -2.27. The van der Waals surface area contributed by atoms with Crippen molar-refractivity contribution in [3.63, 3.8) is 0 Å². The van der Waals surface area contributed by atoms with E-state index in [9.17, 15) is 9.59 Å². The molecule has 2 aliphatic heterocycles. The van der Waals surface area contributed by atoms with Crippen molar-refractivity contribution in [3.8, 4) is 0 Å². The highest BCUT2D eigenvalue weighted by Gasteiger charge is 2.30. The van der Waals surface area contributed by atoms with Gasteiger partial charge in [0.05, 0.1) is 6.10 Å². The van der Waals surface area contributed by atoms with Crippen LogP contribution in [0.15, 0.2) is 18.2 Å². The van der Waals surface area contributed by atoms with Crippen molar-refractivity contribution in [2.75, 3.05) is 36.5 Å². The number of anilines is 1. The van der Waals surface area contributed by atoms with E-state index in [0.717, 1.165) is 36.6 Å². The molecule has 2 heterocycles. The lowest BCUT2D eigenvalue weighted by Crippen LogP contribution is -2.38. The number of thioether (sulfide) groups is 1. The van der Waals surface area contributed by atoms with Crippen LogP contribution in [-0.2, 0) is 9.53 Å².